The van der Waals surface area contributed by atoms with Crippen LogP contribution in [-0.4, -0.2) is 54.4 Å². The maximum atomic E-state index is 13.0. The zero-order valence-corrected chi connectivity index (χ0v) is 15.1. The molecule has 4 atom stereocenters. The van der Waals surface area contributed by atoms with Gasteiger partial charge in [-0.2, -0.15) is 0 Å². The van der Waals surface area contributed by atoms with Crippen LogP contribution in [0.2, 0.25) is 0 Å². The minimum Gasteiger partial charge on any atom is -0.461 e. The second kappa shape index (κ2) is 6.49. The first-order valence-electron chi connectivity index (χ1n) is 9.15. The molecule has 4 nitrogen and oxygen atoms in total. The number of hydrogen-bond acceptors (Lipinski definition) is 3. The summed E-state index contributed by atoms with van der Waals surface area (Å²) < 4.78 is 7.02. The molecule has 0 aromatic heterocycles. The number of aliphatic hydroxyl groups excluding tert-OH is 1. The fourth-order valence-electron chi connectivity index (χ4n) is 4.68. The Morgan fingerprint density at radius 3 is 2.29 bits per heavy atom. The maximum Gasteiger partial charge on any atom is 0.319 e. The van der Waals surface area contributed by atoms with Crippen molar-refractivity contribution in [3.8, 4) is 0 Å². The van der Waals surface area contributed by atoms with Crippen LogP contribution in [0.3, 0.4) is 0 Å². The van der Waals surface area contributed by atoms with Crippen molar-refractivity contribution in [2.45, 2.75) is 62.6 Å². The smallest absolute Gasteiger partial charge is 0.319 e. The highest BCUT2D eigenvalue weighted by Gasteiger charge is 2.51. The lowest BCUT2D eigenvalue weighted by molar-refractivity contribution is -0.931. The summed E-state index contributed by atoms with van der Waals surface area (Å²) in [5.74, 6) is -0.268. The molecule has 0 amide bonds. The van der Waals surface area contributed by atoms with E-state index in [1.54, 1.807) is 0 Å². The standard InChI is InChI=1S/C20H30NO3/c1-4-20(14-22,15-8-6-5-7-9-15)19(23)24-18-12-16-10-11-17(13-18)21(16,2)3/h5-9,16-18,22H,4,10-14H2,1-3H3/q+1/t16-,17+,18?,20-/m1/s1. The van der Waals surface area contributed by atoms with Crippen LogP contribution in [0, 0.1) is 0 Å². The Labute approximate surface area is 145 Å². The predicted molar refractivity (Wildman–Crippen MR) is 93.5 cm³/mol. The number of aliphatic hydroxyl groups is 1. The van der Waals surface area contributed by atoms with Crippen molar-refractivity contribution >= 4 is 5.97 Å². The molecule has 3 rings (SSSR count). The third-order valence-electron chi connectivity index (χ3n) is 6.65. The highest BCUT2D eigenvalue weighted by atomic mass is 16.5. The molecule has 0 aliphatic carbocycles. The van der Waals surface area contributed by atoms with Crippen LogP contribution in [0.25, 0.3) is 0 Å². The molecule has 24 heavy (non-hydrogen) atoms. The van der Waals surface area contributed by atoms with Gasteiger partial charge in [-0.3, -0.25) is 4.79 Å². The van der Waals surface area contributed by atoms with Crippen LogP contribution in [0.1, 0.15) is 44.6 Å². The quantitative estimate of drug-likeness (QED) is 0.666. The second-order valence-corrected chi connectivity index (χ2v) is 7.97. The summed E-state index contributed by atoms with van der Waals surface area (Å²) >= 11 is 0. The number of esters is 1. The summed E-state index contributed by atoms with van der Waals surface area (Å²) in [6, 6.07) is 10.7. The highest BCUT2D eigenvalue weighted by molar-refractivity contribution is 5.83. The number of nitrogens with zero attached hydrogens (tertiary/aromatic N) is 1. The number of piperidine rings is 1. The van der Waals surface area contributed by atoms with Gasteiger partial charge >= 0.3 is 5.97 Å². The van der Waals surface area contributed by atoms with Crippen LogP contribution >= 0.6 is 0 Å². The van der Waals surface area contributed by atoms with E-state index in [1.807, 2.05) is 37.3 Å². The third-order valence-corrected chi connectivity index (χ3v) is 6.65. The van der Waals surface area contributed by atoms with Gasteiger partial charge < -0.3 is 14.3 Å². The van der Waals surface area contributed by atoms with Gasteiger partial charge in [0.2, 0.25) is 0 Å². The van der Waals surface area contributed by atoms with Crippen molar-refractivity contribution in [3.63, 3.8) is 0 Å². The molecule has 1 aromatic carbocycles. The Bertz CT molecular complexity index is 564. The fourth-order valence-corrected chi connectivity index (χ4v) is 4.68. The summed E-state index contributed by atoms with van der Waals surface area (Å²) in [5, 5.41) is 10.0. The molecule has 0 radical (unpaired) electrons. The molecule has 2 aliphatic heterocycles. The Balaban J connectivity index is 1.76. The minimum absolute atomic E-state index is 0.0117. The first-order valence-corrected chi connectivity index (χ1v) is 9.15. The maximum absolute atomic E-state index is 13.0. The van der Waals surface area contributed by atoms with Crippen LogP contribution in [-0.2, 0) is 14.9 Å². The lowest BCUT2D eigenvalue weighted by Crippen LogP contribution is -2.56. The van der Waals surface area contributed by atoms with Gasteiger partial charge in [-0.1, -0.05) is 37.3 Å². The highest BCUT2D eigenvalue weighted by Crippen LogP contribution is 2.41. The summed E-state index contributed by atoms with van der Waals surface area (Å²) in [4.78, 5) is 13.0. The summed E-state index contributed by atoms with van der Waals surface area (Å²) in [7, 11) is 4.60. The van der Waals surface area contributed by atoms with E-state index in [0.29, 0.717) is 18.5 Å². The third kappa shape index (κ3) is 2.76. The number of benzene rings is 1. The first kappa shape index (κ1) is 17.4. The number of rotatable bonds is 5. The minimum atomic E-state index is -0.942. The van der Waals surface area contributed by atoms with Crippen molar-refractivity contribution in [1.82, 2.24) is 0 Å². The van der Waals surface area contributed by atoms with Crippen molar-refractivity contribution in [3.05, 3.63) is 35.9 Å². The molecule has 1 N–H and O–H groups in total. The van der Waals surface area contributed by atoms with Gasteiger partial charge in [0.1, 0.15) is 11.5 Å². The predicted octanol–water partition coefficient (Wildman–Crippen LogP) is 2.64. The average molecular weight is 332 g/mol. The number of ether oxygens (including phenoxy) is 1. The average Bonchev–Trinajstić information content (AvgIpc) is 2.76. The molecule has 132 valence electrons. The zero-order chi connectivity index (χ0) is 17.4. The van der Waals surface area contributed by atoms with Crippen LogP contribution in [0.4, 0.5) is 0 Å². The van der Waals surface area contributed by atoms with E-state index < -0.39 is 5.41 Å². The molecule has 2 fully saturated rings. The topological polar surface area (TPSA) is 46.5 Å². The molecule has 1 aromatic rings. The Morgan fingerprint density at radius 1 is 1.21 bits per heavy atom. The Morgan fingerprint density at radius 2 is 1.79 bits per heavy atom. The summed E-state index contributed by atoms with van der Waals surface area (Å²) in [6.45, 7) is 1.72. The van der Waals surface area contributed by atoms with E-state index in [4.69, 9.17) is 4.74 Å². The van der Waals surface area contributed by atoms with Crippen molar-refractivity contribution < 1.29 is 19.1 Å². The van der Waals surface area contributed by atoms with Gasteiger partial charge in [-0.25, -0.2) is 0 Å². The molecule has 2 bridgehead atoms. The Hall–Kier alpha value is -1.39. The number of carbonyl (C=O) groups is 1. The van der Waals surface area contributed by atoms with Gasteiger partial charge in [-0.05, 0) is 12.0 Å². The van der Waals surface area contributed by atoms with E-state index >= 15 is 0 Å². The van der Waals surface area contributed by atoms with Crippen LogP contribution in [0.5, 0.6) is 0 Å². The summed E-state index contributed by atoms with van der Waals surface area (Å²) in [6.07, 6.45) is 4.85. The van der Waals surface area contributed by atoms with Gasteiger partial charge in [0, 0.05) is 25.7 Å². The zero-order valence-electron chi connectivity index (χ0n) is 15.1. The van der Waals surface area contributed by atoms with Crippen LogP contribution in [0.15, 0.2) is 30.3 Å². The first-order chi connectivity index (χ1) is 11.4. The molecular weight excluding hydrogens is 302 g/mol. The molecule has 0 saturated carbocycles. The van der Waals surface area contributed by atoms with Crippen molar-refractivity contribution in [1.29, 1.82) is 0 Å². The lowest BCUT2D eigenvalue weighted by Gasteiger charge is -2.44. The van der Waals surface area contributed by atoms with E-state index in [2.05, 4.69) is 14.1 Å². The van der Waals surface area contributed by atoms with E-state index in [9.17, 15) is 9.90 Å². The molecule has 2 heterocycles. The SMILES string of the molecule is CC[C@](CO)(C(=O)OC1C[C@H]2CC[C@@H](C1)[N+]2(C)C)c1ccccc1. The van der Waals surface area contributed by atoms with Gasteiger partial charge in [-0.15, -0.1) is 0 Å². The number of fused-ring (bicyclic) bond motifs is 2. The normalized spacial score (nSPS) is 30.6. The van der Waals surface area contributed by atoms with Crippen molar-refractivity contribution in [2.24, 2.45) is 0 Å². The molecule has 1 unspecified atom stereocenters. The molecule has 4 heteroatoms. The van der Waals surface area contributed by atoms with E-state index in [1.165, 1.54) is 12.8 Å². The number of hydrogen-bond donors (Lipinski definition) is 1. The summed E-state index contributed by atoms with van der Waals surface area (Å²) in [5.41, 5.74) is -0.0998. The molecule has 2 aliphatic rings. The molecular formula is C20H30NO3+. The van der Waals surface area contributed by atoms with Crippen molar-refractivity contribution in [2.75, 3.05) is 20.7 Å². The Kier molecular flexibility index (Phi) is 4.71. The second-order valence-electron chi connectivity index (χ2n) is 7.97. The lowest BCUT2D eigenvalue weighted by atomic mass is 9.78. The molecule has 2 saturated heterocycles. The number of quaternary nitrogens is 1. The monoisotopic (exact) mass is 332 g/mol. The van der Waals surface area contributed by atoms with Gasteiger partial charge in [0.15, 0.2) is 0 Å². The van der Waals surface area contributed by atoms with Gasteiger partial charge in [0.05, 0.1) is 32.8 Å². The fraction of sp³-hybridized carbons (Fsp3) is 0.650. The van der Waals surface area contributed by atoms with Crippen LogP contribution < -0.4 is 0 Å². The van der Waals surface area contributed by atoms with Gasteiger partial charge in [0.25, 0.3) is 0 Å². The van der Waals surface area contributed by atoms with E-state index in [0.717, 1.165) is 22.9 Å². The number of carbonyl (C=O) groups excluding carboxylic acids is 1. The molecule has 0 spiro atoms. The van der Waals surface area contributed by atoms with E-state index in [-0.39, 0.29) is 18.7 Å². The largest absolute Gasteiger partial charge is 0.461 e.